The van der Waals surface area contributed by atoms with Crippen LogP contribution in [0.25, 0.3) is 0 Å². The number of rotatable bonds is 22. The minimum absolute atomic E-state index is 0.509. The highest BCUT2D eigenvalue weighted by Crippen LogP contribution is 2.52. The van der Waals surface area contributed by atoms with Crippen LogP contribution in [0.15, 0.2) is 0 Å². The molecule has 2 N–H and O–H groups in total. The summed E-state index contributed by atoms with van der Waals surface area (Å²) in [6.45, 7) is 4.49. The van der Waals surface area contributed by atoms with E-state index in [4.69, 9.17) is 0 Å². The van der Waals surface area contributed by atoms with Crippen molar-refractivity contribution in [2.75, 3.05) is 0 Å². The predicted molar refractivity (Wildman–Crippen MR) is 124 cm³/mol. The van der Waals surface area contributed by atoms with Gasteiger partial charge in [0, 0.05) is 0 Å². The lowest BCUT2D eigenvalue weighted by Crippen LogP contribution is -2.00. The summed E-state index contributed by atoms with van der Waals surface area (Å²) < 4.78 is 11.7. The van der Waals surface area contributed by atoms with Crippen molar-refractivity contribution in [1.82, 2.24) is 0 Å². The Bertz CT molecular complexity index is 354. The summed E-state index contributed by atoms with van der Waals surface area (Å²) in [5.41, 5.74) is 0.509. The lowest BCUT2D eigenvalue weighted by molar-refractivity contribution is 0.365. The molecule has 0 aromatic carbocycles. The average molecular weight is 418 g/mol. The molecule has 0 unspecified atom stereocenters. The number of hydrogen-bond donors (Lipinski definition) is 2. The van der Waals surface area contributed by atoms with Crippen LogP contribution < -0.4 is 0 Å². The Morgan fingerprint density at radius 1 is 0.500 bits per heavy atom. The van der Waals surface area contributed by atoms with Gasteiger partial charge in [0.05, 0.1) is 5.66 Å². The van der Waals surface area contributed by atoms with E-state index in [0.29, 0.717) is 18.5 Å². The molecule has 0 fully saturated rings. The highest BCUT2D eigenvalue weighted by atomic mass is 31.2. The smallest absolute Gasteiger partial charge is 0.324 e. The van der Waals surface area contributed by atoms with Crippen molar-refractivity contribution in [1.29, 1.82) is 0 Å². The van der Waals surface area contributed by atoms with Gasteiger partial charge < -0.3 is 9.79 Å². The lowest BCUT2D eigenvalue weighted by Gasteiger charge is -2.17. The molecule has 0 rings (SSSR count). The molecule has 0 amide bonds. The summed E-state index contributed by atoms with van der Waals surface area (Å²) in [7, 11) is -4.01. The van der Waals surface area contributed by atoms with Crippen LogP contribution in [0.3, 0.4) is 0 Å². The van der Waals surface area contributed by atoms with E-state index in [1.54, 1.807) is 0 Å². The number of hydrogen-bond acceptors (Lipinski definition) is 1. The van der Waals surface area contributed by atoms with Crippen molar-refractivity contribution in [2.24, 2.45) is 0 Å². The second-order valence-corrected chi connectivity index (χ2v) is 10.3. The molecule has 0 aliphatic rings. The van der Waals surface area contributed by atoms with Gasteiger partial charge in [-0.3, -0.25) is 4.57 Å². The van der Waals surface area contributed by atoms with Crippen molar-refractivity contribution >= 4 is 7.60 Å². The lowest BCUT2D eigenvalue weighted by atomic mass is 10.0. The van der Waals surface area contributed by atoms with Crippen LogP contribution in [0.1, 0.15) is 149 Å². The molecule has 4 heteroatoms. The Kier molecular flexibility index (Phi) is 20.5. The molecule has 3 nitrogen and oxygen atoms in total. The second-order valence-electron chi connectivity index (χ2n) is 8.62. The van der Waals surface area contributed by atoms with E-state index in [2.05, 4.69) is 13.8 Å². The maximum absolute atomic E-state index is 11.7. The topological polar surface area (TPSA) is 57.5 Å². The van der Waals surface area contributed by atoms with E-state index < -0.39 is 7.60 Å². The van der Waals surface area contributed by atoms with Crippen molar-refractivity contribution in [2.45, 2.75) is 149 Å². The molecule has 0 aromatic rings. The van der Waals surface area contributed by atoms with Crippen LogP contribution >= 0.6 is 7.60 Å². The fourth-order valence-corrected chi connectivity index (χ4v) is 4.77. The minimum atomic E-state index is -4.01. The maximum Gasteiger partial charge on any atom is 0.332 e. The summed E-state index contributed by atoms with van der Waals surface area (Å²) >= 11 is 0. The predicted octanol–water partition coefficient (Wildman–Crippen LogP) is 8.93. The van der Waals surface area contributed by atoms with E-state index in [1.807, 2.05) is 0 Å². The molecule has 0 saturated heterocycles. The first-order valence-corrected chi connectivity index (χ1v) is 14.0. The van der Waals surface area contributed by atoms with Gasteiger partial charge in [0.25, 0.3) is 0 Å². The standard InChI is InChI=1S/C24H50O3P/c1-3-5-7-9-11-13-15-17-19-21-23-24(28(25,26)27)22-20-18-16-14-12-10-8-6-4-2/h3-23H2,1-2H3,(H2,25,26,27). The van der Waals surface area contributed by atoms with Crippen molar-refractivity contribution in [3.63, 3.8) is 0 Å². The van der Waals surface area contributed by atoms with Crippen LogP contribution in [0.5, 0.6) is 0 Å². The highest BCUT2D eigenvalue weighted by Gasteiger charge is 2.28. The molecule has 0 heterocycles. The third kappa shape index (κ3) is 19.5. The van der Waals surface area contributed by atoms with E-state index >= 15 is 0 Å². The first kappa shape index (κ1) is 28.1. The van der Waals surface area contributed by atoms with Crippen molar-refractivity contribution in [3.05, 3.63) is 5.66 Å². The third-order valence-corrected chi connectivity index (χ3v) is 7.07. The fraction of sp³-hybridized carbons (Fsp3) is 0.958. The molecule has 0 saturated carbocycles. The Balaban J connectivity index is 3.63. The molecule has 0 aliphatic carbocycles. The molecule has 0 atom stereocenters. The molecule has 169 valence electrons. The van der Waals surface area contributed by atoms with Gasteiger partial charge in [-0.05, 0) is 12.8 Å². The average Bonchev–Trinajstić information content (AvgIpc) is 2.65. The Morgan fingerprint density at radius 3 is 1.00 bits per heavy atom. The van der Waals surface area contributed by atoms with Crippen molar-refractivity contribution < 1.29 is 14.4 Å². The summed E-state index contributed by atoms with van der Waals surface area (Å²) in [5.74, 6) is 0. The molecule has 0 aliphatic heterocycles. The van der Waals surface area contributed by atoms with Gasteiger partial charge in [-0.25, -0.2) is 0 Å². The first-order valence-electron chi connectivity index (χ1n) is 12.4. The van der Waals surface area contributed by atoms with Crippen LogP contribution in [0.4, 0.5) is 0 Å². The monoisotopic (exact) mass is 417 g/mol. The minimum Gasteiger partial charge on any atom is -0.324 e. The zero-order valence-corrected chi connectivity index (χ0v) is 20.0. The van der Waals surface area contributed by atoms with Gasteiger partial charge in [0.2, 0.25) is 0 Å². The van der Waals surface area contributed by atoms with Gasteiger partial charge in [-0.1, -0.05) is 136 Å². The Hall–Kier alpha value is 0.150. The van der Waals surface area contributed by atoms with E-state index in [9.17, 15) is 14.4 Å². The van der Waals surface area contributed by atoms with E-state index in [-0.39, 0.29) is 0 Å². The molecular weight excluding hydrogens is 367 g/mol. The first-order chi connectivity index (χ1) is 13.5. The molecule has 28 heavy (non-hydrogen) atoms. The van der Waals surface area contributed by atoms with Crippen molar-refractivity contribution in [3.8, 4) is 0 Å². The molecule has 1 radical (unpaired) electrons. The largest absolute Gasteiger partial charge is 0.332 e. The summed E-state index contributed by atoms with van der Waals surface area (Å²) in [6.07, 6.45) is 25.0. The summed E-state index contributed by atoms with van der Waals surface area (Å²) in [5, 5.41) is 0. The summed E-state index contributed by atoms with van der Waals surface area (Å²) in [6, 6.07) is 0. The molecule has 0 spiro atoms. The van der Waals surface area contributed by atoms with Gasteiger partial charge in [-0.15, -0.1) is 0 Å². The second kappa shape index (κ2) is 20.4. The van der Waals surface area contributed by atoms with Crippen LogP contribution in [-0.2, 0) is 4.57 Å². The van der Waals surface area contributed by atoms with Gasteiger partial charge in [0.15, 0.2) is 0 Å². The van der Waals surface area contributed by atoms with Crippen LogP contribution in [-0.4, -0.2) is 9.79 Å². The van der Waals surface area contributed by atoms with Gasteiger partial charge in [-0.2, -0.15) is 0 Å². The SMILES string of the molecule is CCCCCCCCCCCC[C](CCCCCCCCCCC)P(=O)(O)O. The van der Waals surface area contributed by atoms with E-state index in [0.717, 1.165) is 25.7 Å². The van der Waals surface area contributed by atoms with Crippen LogP contribution in [0.2, 0.25) is 0 Å². The Morgan fingerprint density at radius 2 is 0.750 bits per heavy atom. The summed E-state index contributed by atoms with van der Waals surface area (Å²) in [4.78, 5) is 19.2. The zero-order valence-electron chi connectivity index (χ0n) is 19.1. The van der Waals surface area contributed by atoms with Crippen LogP contribution in [0, 0.1) is 5.66 Å². The normalized spacial score (nSPS) is 12.2. The molecular formula is C24H50O3P. The fourth-order valence-electron chi connectivity index (χ4n) is 3.87. The quantitative estimate of drug-likeness (QED) is 0.136. The van der Waals surface area contributed by atoms with E-state index in [1.165, 1.54) is 96.3 Å². The highest BCUT2D eigenvalue weighted by molar-refractivity contribution is 7.55. The van der Waals surface area contributed by atoms with Gasteiger partial charge in [0.1, 0.15) is 0 Å². The number of unbranched alkanes of at least 4 members (excludes halogenated alkanes) is 17. The van der Waals surface area contributed by atoms with Gasteiger partial charge >= 0.3 is 7.60 Å². The Labute approximate surface area is 176 Å². The maximum atomic E-state index is 11.7. The zero-order chi connectivity index (χ0) is 20.9. The third-order valence-electron chi connectivity index (χ3n) is 5.80. The molecule has 0 bridgehead atoms. The molecule has 0 aromatic heterocycles.